The number of hydrogen-bond donors (Lipinski definition) is 0. The average Bonchev–Trinajstić information content (AvgIpc) is 2.46. The first-order valence-electron chi connectivity index (χ1n) is 5.81. The highest BCUT2D eigenvalue weighted by atomic mass is 16.2. The second-order valence-electron chi connectivity index (χ2n) is 4.27. The number of aromatic nitrogens is 1. The van der Waals surface area contributed by atoms with Crippen LogP contribution in [0.1, 0.15) is 21.5 Å². The number of nitrogens with zero attached hydrogens (tertiary/aromatic N) is 3. The van der Waals surface area contributed by atoms with Crippen molar-refractivity contribution in [3.63, 3.8) is 0 Å². The van der Waals surface area contributed by atoms with Crippen molar-refractivity contribution < 1.29 is 4.79 Å². The van der Waals surface area contributed by atoms with Crippen LogP contribution in [0.4, 0.5) is 5.69 Å². The van der Waals surface area contributed by atoms with Crippen molar-refractivity contribution in [1.29, 1.82) is 5.26 Å². The average molecular weight is 251 g/mol. The van der Waals surface area contributed by atoms with Gasteiger partial charge in [0.1, 0.15) is 0 Å². The van der Waals surface area contributed by atoms with Crippen LogP contribution >= 0.6 is 0 Å². The summed E-state index contributed by atoms with van der Waals surface area (Å²) in [7, 11) is 1.70. The largest absolute Gasteiger partial charge is 0.311 e. The van der Waals surface area contributed by atoms with Gasteiger partial charge in [0.05, 0.1) is 17.2 Å². The molecule has 0 spiro atoms. The van der Waals surface area contributed by atoms with Crippen LogP contribution in [0.15, 0.2) is 42.7 Å². The van der Waals surface area contributed by atoms with E-state index in [4.69, 9.17) is 5.26 Å². The van der Waals surface area contributed by atoms with E-state index in [9.17, 15) is 4.79 Å². The Kier molecular flexibility index (Phi) is 3.58. The van der Waals surface area contributed by atoms with Gasteiger partial charge in [-0.25, -0.2) is 0 Å². The minimum atomic E-state index is -0.124. The highest BCUT2D eigenvalue weighted by Gasteiger charge is 2.13. The van der Waals surface area contributed by atoms with Crippen molar-refractivity contribution in [2.24, 2.45) is 0 Å². The maximum absolute atomic E-state index is 12.3. The molecular formula is C15H13N3O. The van der Waals surface area contributed by atoms with Crippen LogP contribution in [-0.2, 0) is 0 Å². The Bertz CT molecular complexity index is 641. The zero-order valence-corrected chi connectivity index (χ0v) is 10.8. The monoisotopic (exact) mass is 251 g/mol. The molecule has 19 heavy (non-hydrogen) atoms. The van der Waals surface area contributed by atoms with Crippen LogP contribution in [0.5, 0.6) is 0 Å². The molecule has 0 aliphatic heterocycles. The fourth-order valence-corrected chi connectivity index (χ4v) is 1.74. The minimum absolute atomic E-state index is 0.124. The van der Waals surface area contributed by atoms with Gasteiger partial charge in [0, 0.05) is 25.1 Å². The minimum Gasteiger partial charge on any atom is -0.311 e. The van der Waals surface area contributed by atoms with Gasteiger partial charge in [-0.2, -0.15) is 5.26 Å². The number of anilines is 1. The lowest BCUT2D eigenvalue weighted by atomic mass is 10.1. The number of carbonyl (C=O) groups excluding carboxylic acids is 1. The third-order valence-electron chi connectivity index (χ3n) is 2.81. The number of benzene rings is 1. The smallest absolute Gasteiger partial charge is 0.259 e. The van der Waals surface area contributed by atoms with Crippen molar-refractivity contribution in [3.8, 4) is 6.07 Å². The maximum atomic E-state index is 12.3. The van der Waals surface area contributed by atoms with Crippen LogP contribution in [0.3, 0.4) is 0 Å². The number of amides is 1. The molecule has 0 saturated heterocycles. The maximum Gasteiger partial charge on any atom is 0.259 e. The lowest BCUT2D eigenvalue weighted by Gasteiger charge is -2.17. The van der Waals surface area contributed by atoms with Crippen LogP contribution in [0.2, 0.25) is 0 Å². The summed E-state index contributed by atoms with van der Waals surface area (Å²) in [5.41, 5.74) is 2.80. The van der Waals surface area contributed by atoms with Crippen LogP contribution in [-0.4, -0.2) is 17.9 Å². The summed E-state index contributed by atoms with van der Waals surface area (Å²) in [5.74, 6) is -0.124. The first-order valence-corrected chi connectivity index (χ1v) is 5.81. The number of pyridine rings is 1. The summed E-state index contributed by atoms with van der Waals surface area (Å²) in [4.78, 5) is 17.8. The molecule has 0 fully saturated rings. The summed E-state index contributed by atoms with van der Waals surface area (Å²) < 4.78 is 0. The van der Waals surface area contributed by atoms with Gasteiger partial charge in [0.15, 0.2) is 0 Å². The molecule has 1 aromatic carbocycles. The number of nitriles is 1. The molecule has 1 heterocycles. The van der Waals surface area contributed by atoms with Gasteiger partial charge in [-0.3, -0.25) is 9.78 Å². The SMILES string of the molecule is Cc1cncc(C(=O)N(C)c2ccc(C#N)cc2)c1. The Morgan fingerprint density at radius 2 is 1.95 bits per heavy atom. The van der Waals surface area contributed by atoms with Crippen LogP contribution in [0, 0.1) is 18.3 Å². The zero-order valence-electron chi connectivity index (χ0n) is 10.8. The first-order chi connectivity index (χ1) is 9.11. The number of carbonyl (C=O) groups is 1. The fraction of sp³-hybridized carbons (Fsp3) is 0.133. The second-order valence-corrected chi connectivity index (χ2v) is 4.27. The van der Waals surface area contributed by atoms with Crippen LogP contribution < -0.4 is 4.90 Å². The Morgan fingerprint density at radius 1 is 1.26 bits per heavy atom. The van der Waals surface area contributed by atoms with Crippen molar-refractivity contribution in [3.05, 3.63) is 59.4 Å². The molecule has 0 aliphatic rings. The summed E-state index contributed by atoms with van der Waals surface area (Å²) in [6, 6.07) is 10.7. The van der Waals surface area contributed by atoms with E-state index in [1.807, 2.05) is 13.0 Å². The molecule has 0 bridgehead atoms. The predicted molar refractivity (Wildman–Crippen MR) is 72.9 cm³/mol. The molecule has 4 heteroatoms. The molecule has 1 aromatic heterocycles. The van der Waals surface area contributed by atoms with E-state index in [1.54, 1.807) is 49.8 Å². The van der Waals surface area contributed by atoms with Gasteiger partial charge in [-0.1, -0.05) is 0 Å². The molecular weight excluding hydrogens is 238 g/mol. The van der Waals surface area contributed by atoms with E-state index in [0.717, 1.165) is 11.3 Å². The molecule has 0 N–H and O–H groups in total. The molecule has 2 rings (SSSR count). The highest BCUT2D eigenvalue weighted by Crippen LogP contribution is 2.16. The lowest BCUT2D eigenvalue weighted by molar-refractivity contribution is 0.0992. The van der Waals surface area contributed by atoms with Crippen LogP contribution in [0.25, 0.3) is 0 Å². The highest BCUT2D eigenvalue weighted by molar-refractivity contribution is 6.05. The van der Waals surface area contributed by atoms with E-state index in [-0.39, 0.29) is 5.91 Å². The van der Waals surface area contributed by atoms with Gasteiger partial charge in [-0.05, 0) is 42.8 Å². The third kappa shape index (κ3) is 2.78. The predicted octanol–water partition coefficient (Wildman–Crippen LogP) is 2.54. The zero-order chi connectivity index (χ0) is 13.8. The molecule has 94 valence electrons. The molecule has 0 unspecified atom stereocenters. The first kappa shape index (κ1) is 12.8. The van der Waals surface area contributed by atoms with E-state index in [0.29, 0.717) is 11.1 Å². The summed E-state index contributed by atoms with van der Waals surface area (Å²) in [6.45, 7) is 1.89. The molecule has 4 nitrogen and oxygen atoms in total. The van der Waals surface area contributed by atoms with Gasteiger partial charge in [-0.15, -0.1) is 0 Å². The second kappa shape index (κ2) is 5.32. The lowest BCUT2D eigenvalue weighted by Crippen LogP contribution is -2.26. The molecule has 2 aromatic rings. The van der Waals surface area contributed by atoms with Gasteiger partial charge < -0.3 is 4.90 Å². The Morgan fingerprint density at radius 3 is 2.53 bits per heavy atom. The molecule has 1 amide bonds. The molecule has 0 aliphatic carbocycles. The van der Waals surface area contributed by atoms with Crippen molar-refractivity contribution >= 4 is 11.6 Å². The van der Waals surface area contributed by atoms with E-state index in [2.05, 4.69) is 4.98 Å². The number of rotatable bonds is 2. The quantitative estimate of drug-likeness (QED) is 0.824. The normalized spacial score (nSPS) is 9.74. The van der Waals surface area contributed by atoms with E-state index in [1.165, 1.54) is 4.90 Å². The number of hydrogen-bond acceptors (Lipinski definition) is 3. The summed E-state index contributed by atoms with van der Waals surface area (Å²) in [6.07, 6.45) is 3.26. The van der Waals surface area contributed by atoms with Gasteiger partial charge in [0.25, 0.3) is 5.91 Å². The van der Waals surface area contributed by atoms with Crippen molar-refractivity contribution in [2.75, 3.05) is 11.9 Å². The van der Waals surface area contributed by atoms with Gasteiger partial charge in [0.2, 0.25) is 0 Å². The van der Waals surface area contributed by atoms with E-state index < -0.39 is 0 Å². The summed E-state index contributed by atoms with van der Waals surface area (Å²) in [5, 5.41) is 8.75. The van der Waals surface area contributed by atoms with Gasteiger partial charge >= 0.3 is 0 Å². The van der Waals surface area contributed by atoms with Crippen molar-refractivity contribution in [2.45, 2.75) is 6.92 Å². The summed E-state index contributed by atoms with van der Waals surface area (Å²) >= 11 is 0. The molecule has 0 radical (unpaired) electrons. The molecule has 0 atom stereocenters. The Balaban J connectivity index is 2.26. The Labute approximate surface area is 111 Å². The van der Waals surface area contributed by atoms with Crippen molar-refractivity contribution in [1.82, 2.24) is 4.98 Å². The third-order valence-corrected chi connectivity index (χ3v) is 2.81. The topological polar surface area (TPSA) is 57.0 Å². The fourth-order valence-electron chi connectivity index (χ4n) is 1.74. The Hall–Kier alpha value is -2.67. The van der Waals surface area contributed by atoms with E-state index >= 15 is 0 Å². The molecule has 0 saturated carbocycles. The number of aryl methyl sites for hydroxylation is 1. The standard InChI is InChI=1S/C15H13N3O/c1-11-7-13(10-17-9-11)15(19)18(2)14-5-3-12(8-16)4-6-14/h3-7,9-10H,1-2H3.